The first kappa shape index (κ1) is 25.7. The van der Waals surface area contributed by atoms with Crippen molar-refractivity contribution in [1.82, 2.24) is 0 Å². The van der Waals surface area contributed by atoms with Crippen molar-refractivity contribution < 1.29 is 17.6 Å². The van der Waals surface area contributed by atoms with Crippen LogP contribution in [-0.4, -0.2) is 24.7 Å². The fourth-order valence-electron chi connectivity index (χ4n) is 4.03. The van der Waals surface area contributed by atoms with Crippen molar-refractivity contribution in [3.63, 3.8) is 0 Å². The summed E-state index contributed by atoms with van der Waals surface area (Å²) in [5.41, 5.74) is 0. The van der Waals surface area contributed by atoms with E-state index in [-0.39, 0.29) is 35.5 Å². The lowest BCUT2D eigenvalue weighted by molar-refractivity contribution is 0.0217. The second-order valence-electron chi connectivity index (χ2n) is 8.66. The summed E-state index contributed by atoms with van der Waals surface area (Å²) in [6.45, 7) is 14.4. The molecule has 0 spiro atoms. The van der Waals surface area contributed by atoms with Crippen LogP contribution in [0.4, 0.5) is 17.6 Å². The molecule has 1 aliphatic carbocycles. The molecule has 0 radical (unpaired) electrons. The Morgan fingerprint density at radius 3 is 0.923 bits per heavy atom. The van der Waals surface area contributed by atoms with Gasteiger partial charge in [0.2, 0.25) is 0 Å². The van der Waals surface area contributed by atoms with Gasteiger partial charge in [-0.2, -0.15) is 0 Å². The lowest BCUT2D eigenvalue weighted by Crippen LogP contribution is -2.37. The maximum Gasteiger partial charge on any atom is 0.134 e. The molecule has 1 saturated carbocycles. The molecule has 0 aliphatic heterocycles. The van der Waals surface area contributed by atoms with Gasteiger partial charge in [0.1, 0.15) is 24.7 Å². The van der Waals surface area contributed by atoms with Gasteiger partial charge in [-0.25, -0.2) is 17.6 Å². The van der Waals surface area contributed by atoms with E-state index in [1.54, 1.807) is 41.5 Å². The molecule has 1 aliphatic rings. The average Bonchev–Trinajstić information content (AvgIpc) is 2.65. The Kier molecular flexibility index (Phi) is 12.1. The zero-order valence-electron chi connectivity index (χ0n) is 18.1. The molecule has 0 N–H and O–H groups in total. The van der Waals surface area contributed by atoms with E-state index in [1.807, 2.05) is 13.8 Å². The number of halogens is 4. The van der Waals surface area contributed by atoms with E-state index in [0.717, 1.165) is 25.7 Å². The molecule has 0 nitrogen and oxygen atoms in total. The first-order valence-corrected chi connectivity index (χ1v) is 10.6. The summed E-state index contributed by atoms with van der Waals surface area (Å²) in [5, 5.41) is 0. The van der Waals surface area contributed by atoms with Gasteiger partial charge in [-0.05, 0) is 61.2 Å². The SMILES string of the molecule is CC.CC(C)C(F)C(F)C(C)C1CCC(C(C)C(F)C(F)C(C)C)CC1. The van der Waals surface area contributed by atoms with Gasteiger partial charge in [-0.3, -0.25) is 0 Å². The third-order valence-electron chi connectivity index (χ3n) is 6.19. The lowest BCUT2D eigenvalue weighted by atomic mass is 9.69. The number of rotatable bonds is 8. The number of hydrogen-bond donors (Lipinski definition) is 0. The molecule has 26 heavy (non-hydrogen) atoms. The van der Waals surface area contributed by atoms with Crippen LogP contribution in [0.3, 0.4) is 0 Å². The predicted octanol–water partition coefficient (Wildman–Crippen LogP) is 7.76. The van der Waals surface area contributed by atoms with Gasteiger partial charge in [0.25, 0.3) is 0 Å². The van der Waals surface area contributed by atoms with E-state index in [9.17, 15) is 17.6 Å². The molecule has 0 bridgehead atoms. The molecule has 0 aromatic carbocycles. The van der Waals surface area contributed by atoms with E-state index < -0.39 is 24.7 Å². The van der Waals surface area contributed by atoms with Gasteiger partial charge in [-0.15, -0.1) is 0 Å². The molecule has 0 saturated heterocycles. The lowest BCUT2D eigenvalue weighted by Gasteiger charge is -2.38. The normalized spacial score (nSPS) is 27.9. The summed E-state index contributed by atoms with van der Waals surface area (Å²) < 4.78 is 56.5. The monoisotopic (exact) mass is 382 g/mol. The van der Waals surface area contributed by atoms with E-state index >= 15 is 0 Å². The first-order chi connectivity index (χ1) is 12.1. The topological polar surface area (TPSA) is 0 Å². The van der Waals surface area contributed by atoms with E-state index in [2.05, 4.69) is 0 Å². The Bertz CT molecular complexity index is 316. The second kappa shape index (κ2) is 12.2. The third kappa shape index (κ3) is 7.03. The Morgan fingerprint density at radius 2 is 0.731 bits per heavy atom. The van der Waals surface area contributed by atoms with E-state index in [0.29, 0.717) is 0 Å². The third-order valence-corrected chi connectivity index (χ3v) is 6.19. The molecule has 1 fully saturated rings. The summed E-state index contributed by atoms with van der Waals surface area (Å²) >= 11 is 0. The zero-order valence-corrected chi connectivity index (χ0v) is 18.1. The maximum absolute atomic E-state index is 14.3. The number of alkyl halides is 4. The molecule has 4 heteroatoms. The summed E-state index contributed by atoms with van der Waals surface area (Å²) in [6, 6.07) is 0. The highest BCUT2D eigenvalue weighted by atomic mass is 19.2. The fourth-order valence-corrected chi connectivity index (χ4v) is 4.03. The van der Waals surface area contributed by atoms with Crippen LogP contribution in [0, 0.1) is 35.5 Å². The molecule has 0 aromatic heterocycles. The molecule has 1 rings (SSSR count). The second-order valence-corrected chi connectivity index (χ2v) is 8.66. The van der Waals surface area contributed by atoms with Gasteiger partial charge in [0.15, 0.2) is 0 Å². The minimum Gasteiger partial charge on any atom is -0.244 e. The quantitative estimate of drug-likeness (QED) is 0.376. The van der Waals surface area contributed by atoms with Crippen LogP contribution in [-0.2, 0) is 0 Å². The summed E-state index contributed by atoms with van der Waals surface area (Å²) in [5.74, 6) is -0.976. The zero-order chi connectivity index (χ0) is 20.6. The molecule has 158 valence electrons. The highest BCUT2D eigenvalue weighted by Gasteiger charge is 2.39. The Hall–Kier alpha value is -0.280. The van der Waals surface area contributed by atoms with Crippen molar-refractivity contribution in [1.29, 1.82) is 0 Å². The Morgan fingerprint density at radius 1 is 0.500 bits per heavy atom. The molecule has 0 aromatic rings. The van der Waals surface area contributed by atoms with Crippen molar-refractivity contribution in [3.05, 3.63) is 0 Å². The molecule has 6 unspecified atom stereocenters. The largest absolute Gasteiger partial charge is 0.244 e. The summed E-state index contributed by atoms with van der Waals surface area (Å²) in [7, 11) is 0. The van der Waals surface area contributed by atoms with Gasteiger partial charge in [-0.1, -0.05) is 55.4 Å². The Labute approximate surface area is 159 Å². The maximum atomic E-state index is 14.3. The average molecular weight is 383 g/mol. The van der Waals surface area contributed by atoms with E-state index in [1.165, 1.54) is 0 Å². The molecule has 0 heterocycles. The summed E-state index contributed by atoms with van der Waals surface area (Å²) in [6.07, 6.45) is -2.59. The molecule has 6 atom stereocenters. The highest BCUT2D eigenvalue weighted by Crippen LogP contribution is 2.41. The van der Waals surface area contributed by atoms with Crippen molar-refractivity contribution in [2.45, 2.75) is 106 Å². The van der Waals surface area contributed by atoms with Crippen molar-refractivity contribution in [2.24, 2.45) is 35.5 Å². The van der Waals surface area contributed by atoms with Gasteiger partial charge >= 0.3 is 0 Å². The van der Waals surface area contributed by atoms with Crippen LogP contribution in [0.2, 0.25) is 0 Å². The molecular weight excluding hydrogens is 340 g/mol. The summed E-state index contributed by atoms with van der Waals surface area (Å²) in [4.78, 5) is 0. The van der Waals surface area contributed by atoms with Crippen LogP contribution < -0.4 is 0 Å². The van der Waals surface area contributed by atoms with Crippen molar-refractivity contribution in [3.8, 4) is 0 Å². The molecule has 0 amide bonds. The van der Waals surface area contributed by atoms with Gasteiger partial charge in [0.05, 0.1) is 0 Å². The van der Waals surface area contributed by atoms with Crippen LogP contribution in [0.1, 0.15) is 81.1 Å². The smallest absolute Gasteiger partial charge is 0.134 e. The fraction of sp³-hybridized carbons (Fsp3) is 1.00. The van der Waals surface area contributed by atoms with Gasteiger partial charge < -0.3 is 0 Å². The molecular formula is C22H42F4. The van der Waals surface area contributed by atoms with E-state index in [4.69, 9.17) is 0 Å². The number of hydrogen-bond acceptors (Lipinski definition) is 0. The van der Waals surface area contributed by atoms with Crippen LogP contribution in [0.25, 0.3) is 0 Å². The minimum absolute atomic E-state index is 0.143. The van der Waals surface area contributed by atoms with Crippen LogP contribution in [0.15, 0.2) is 0 Å². The van der Waals surface area contributed by atoms with Crippen molar-refractivity contribution >= 4 is 0 Å². The Balaban J connectivity index is 0.00000301. The first-order valence-electron chi connectivity index (χ1n) is 10.6. The van der Waals surface area contributed by atoms with Crippen molar-refractivity contribution in [2.75, 3.05) is 0 Å². The highest BCUT2D eigenvalue weighted by molar-refractivity contribution is 4.88. The van der Waals surface area contributed by atoms with Gasteiger partial charge in [0, 0.05) is 0 Å². The van der Waals surface area contributed by atoms with Crippen LogP contribution >= 0.6 is 0 Å². The predicted molar refractivity (Wildman–Crippen MR) is 104 cm³/mol. The minimum atomic E-state index is -1.44. The standard InChI is InChI=1S/C20H36F4.C2H6/c1-11(2)17(21)19(23)13(5)15-7-9-16(10-8-15)14(6)20(24)18(22)12(3)4;1-2/h11-20H,7-10H2,1-6H3;1-2H3. The van der Waals surface area contributed by atoms with Crippen LogP contribution in [0.5, 0.6) is 0 Å².